The Hall–Kier alpha value is -2.74. The zero-order valence-electron chi connectivity index (χ0n) is 13.0. The zero-order valence-corrected chi connectivity index (χ0v) is 14.6. The number of carbonyl (C=O) groups is 1. The molecule has 25 heavy (non-hydrogen) atoms. The van der Waals surface area contributed by atoms with E-state index in [1.807, 2.05) is 0 Å². The molecule has 0 fully saturated rings. The van der Waals surface area contributed by atoms with Crippen LogP contribution in [0.15, 0.2) is 53.5 Å². The number of halogens is 2. The number of carbonyl (C=O) groups excluding carboxylic acids is 1. The first kappa shape index (κ1) is 18.6. The van der Waals surface area contributed by atoms with Gasteiger partial charge in [0.25, 0.3) is 11.6 Å². The quantitative estimate of drug-likeness (QED) is 0.421. The van der Waals surface area contributed by atoms with Crippen molar-refractivity contribution >= 4 is 33.2 Å². The minimum absolute atomic E-state index is 0.0341. The summed E-state index contributed by atoms with van der Waals surface area (Å²) in [6, 6.07) is 8.32. The summed E-state index contributed by atoms with van der Waals surface area (Å²) in [5.74, 6) is -0.800. The minimum atomic E-state index is -0.578. The number of nitrogens with one attached hydrogen (secondary N) is 1. The van der Waals surface area contributed by atoms with Crippen molar-refractivity contribution in [3.05, 3.63) is 75.0 Å². The van der Waals surface area contributed by atoms with E-state index in [4.69, 9.17) is 4.74 Å². The molecule has 0 saturated carbocycles. The first-order valence-electron chi connectivity index (χ1n) is 7.16. The maximum absolute atomic E-state index is 13.7. The second kappa shape index (κ2) is 8.39. The van der Waals surface area contributed by atoms with Gasteiger partial charge < -0.3 is 10.1 Å². The van der Waals surface area contributed by atoms with Crippen LogP contribution < -0.4 is 10.1 Å². The van der Waals surface area contributed by atoms with Crippen molar-refractivity contribution in [2.75, 3.05) is 11.9 Å². The standard InChI is InChI=1S/C17H14BrFN2O4/c1-2-3-11-8-13(21(23)24)5-7-16(11)25-10-17(22)20-15-6-4-12(18)9-14(15)19/h2,4-9H,1,3,10H2,(H,20,22). The van der Waals surface area contributed by atoms with Gasteiger partial charge in [-0.05, 0) is 30.7 Å². The van der Waals surface area contributed by atoms with E-state index < -0.39 is 16.6 Å². The molecule has 0 saturated heterocycles. The van der Waals surface area contributed by atoms with Crippen LogP contribution in [-0.2, 0) is 11.2 Å². The molecule has 0 spiro atoms. The fraction of sp³-hybridized carbons (Fsp3) is 0.118. The molecule has 2 rings (SSSR count). The van der Waals surface area contributed by atoms with Crippen LogP contribution in [0.4, 0.5) is 15.8 Å². The summed E-state index contributed by atoms with van der Waals surface area (Å²) in [6.07, 6.45) is 1.92. The van der Waals surface area contributed by atoms with Gasteiger partial charge in [0, 0.05) is 22.2 Å². The number of benzene rings is 2. The Morgan fingerprint density at radius 3 is 2.76 bits per heavy atom. The molecule has 0 heterocycles. The van der Waals surface area contributed by atoms with Crippen molar-refractivity contribution in [2.45, 2.75) is 6.42 Å². The monoisotopic (exact) mass is 408 g/mol. The number of rotatable bonds is 7. The number of anilines is 1. The number of nitro benzene ring substituents is 1. The average molecular weight is 409 g/mol. The third-order valence-corrected chi connectivity index (χ3v) is 3.68. The molecule has 0 unspecified atom stereocenters. The number of nitrogens with zero attached hydrogens (tertiary/aromatic N) is 1. The van der Waals surface area contributed by atoms with Crippen LogP contribution in [0.5, 0.6) is 5.75 Å². The molecule has 0 radical (unpaired) electrons. The van der Waals surface area contributed by atoms with Gasteiger partial charge in [-0.15, -0.1) is 6.58 Å². The molecule has 0 aromatic heterocycles. The summed E-state index contributed by atoms with van der Waals surface area (Å²) in [4.78, 5) is 22.2. The van der Waals surface area contributed by atoms with Crippen molar-refractivity contribution in [3.8, 4) is 5.75 Å². The molecular formula is C17H14BrFN2O4. The summed E-state index contributed by atoms with van der Waals surface area (Å²) < 4.78 is 19.7. The van der Waals surface area contributed by atoms with Crippen molar-refractivity contribution in [2.24, 2.45) is 0 Å². The van der Waals surface area contributed by atoms with E-state index in [1.54, 1.807) is 12.1 Å². The molecule has 8 heteroatoms. The molecule has 0 aliphatic rings. The number of hydrogen-bond donors (Lipinski definition) is 1. The fourth-order valence-electron chi connectivity index (χ4n) is 2.06. The van der Waals surface area contributed by atoms with Gasteiger partial charge in [0.2, 0.25) is 0 Å². The Labute approximate surface area is 151 Å². The largest absolute Gasteiger partial charge is 0.483 e. The molecular weight excluding hydrogens is 395 g/mol. The van der Waals surface area contributed by atoms with Gasteiger partial charge in [-0.2, -0.15) is 0 Å². The van der Waals surface area contributed by atoms with E-state index in [9.17, 15) is 19.3 Å². The maximum atomic E-state index is 13.7. The van der Waals surface area contributed by atoms with E-state index in [2.05, 4.69) is 27.8 Å². The number of non-ortho nitro benzene ring substituents is 1. The van der Waals surface area contributed by atoms with Gasteiger partial charge in [-0.25, -0.2) is 4.39 Å². The lowest BCUT2D eigenvalue weighted by Crippen LogP contribution is -2.21. The predicted molar refractivity (Wildman–Crippen MR) is 95.2 cm³/mol. The van der Waals surface area contributed by atoms with Crippen molar-refractivity contribution in [3.63, 3.8) is 0 Å². The SMILES string of the molecule is C=CCc1cc([N+](=O)[O-])ccc1OCC(=O)Nc1ccc(Br)cc1F. The Kier molecular flexibility index (Phi) is 6.24. The Morgan fingerprint density at radius 1 is 1.36 bits per heavy atom. The number of ether oxygens (including phenoxy) is 1. The number of nitro groups is 1. The zero-order chi connectivity index (χ0) is 18.4. The molecule has 1 amide bonds. The Balaban J connectivity index is 2.05. The van der Waals surface area contributed by atoms with Gasteiger partial charge in [0.05, 0.1) is 10.6 Å². The van der Waals surface area contributed by atoms with Crippen LogP contribution in [0.25, 0.3) is 0 Å². The number of allylic oxidation sites excluding steroid dienone is 1. The second-order valence-electron chi connectivity index (χ2n) is 5.00. The van der Waals surface area contributed by atoms with Crippen LogP contribution in [0.2, 0.25) is 0 Å². The smallest absolute Gasteiger partial charge is 0.269 e. The molecule has 0 aliphatic heterocycles. The third-order valence-electron chi connectivity index (χ3n) is 3.18. The molecule has 0 aliphatic carbocycles. The average Bonchev–Trinajstić information content (AvgIpc) is 2.56. The van der Waals surface area contributed by atoms with Crippen LogP contribution in [0, 0.1) is 15.9 Å². The first-order valence-corrected chi connectivity index (χ1v) is 7.96. The highest BCUT2D eigenvalue weighted by atomic mass is 79.9. The van der Waals surface area contributed by atoms with Gasteiger partial charge in [-0.1, -0.05) is 22.0 Å². The third kappa shape index (κ3) is 5.12. The Bertz CT molecular complexity index is 826. The summed E-state index contributed by atoms with van der Waals surface area (Å²) in [7, 11) is 0. The number of hydrogen-bond acceptors (Lipinski definition) is 4. The highest BCUT2D eigenvalue weighted by Crippen LogP contribution is 2.25. The van der Waals surface area contributed by atoms with E-state index in [-0.39, 0.29) is 18.0 Å². The lowest BCUT2D eigenvalue weighted by molar-refractivity contribution is -0.384. The fourth-order valence-corrected chi connectivity index (χ4v) is 2.39. The molecule has 1 N–H and O–H groups in total. The Morgan fingerprint density at radius 2 is 2.12 bits per heavy atom. The van der Waals surface area contributed by atoms with Crippen LogP contribution >= 0.6 is 15.9 Å². The molecule has 2 aromatic rings. The predicted octanol–water partition coefficient (Wildman–Crippen LogP) is 4.24. The van der Waals surface area contributed by atoms with Crippen LogP contribution in [-0.4, -0.2) is 17.4 Å². The minimum Gasteiger partial charge on any atom is -0.483 e. The topological polar surface area (TPSA) is 81.5 Å². The van der Waals surface area contributed by atoms with Gasteiger partial charge in [0.15, 0.2) is 6.61 Å². The molecule has 6 nitrogen and oxygen atoms in total. The van der Waals surface area contributed by atoms with Gasteiger partial charge >= 0.3 is 0 Å². The lowest BCUT2D eigenvalue weighted by Gasteiger charge is -2.11. The number of amides is 1. The van der Waals surface area contributed by atoms with Gasteiger partial charge in [0.1, 0.15) is 11.6 Å². The summed E-state index contributed by atoms with van der Waals surface area (Å²) in [6.45, 7) is 3.23. The van der Waals surface area contributed by atoms with Crippen LogP contribution in [0.1, 0.15) is 5.56 Å². The summed E-state index contributed by atoms with van der Waals surface area (Å²) in [5.41, 5.74) is 0.490. The van der Waals surface area contributed by atoms with E-state index in [1.165, 1.54) is 30.3 Å². The normalized spacial score (nSPS) is 10.2. The molecule has 2 aromatic carbocycles. The van der Waals surface area contributed by atoms with Crippen molar-refractivity contribution in [1.82, 2.24) is 0 Å². The highest BCUT2D eigenvalue weighted by molar-refractivity contribution is 9.10. The van der Waals surface area contributed by atoms with Crippen molar-refractivity contribution in [1.29, 1.82) is 0 Å². The molecule has 0 atom stereocenters. The molecule has 130 valence electrons. The van der Waals surface area contributed by atoms with Gasteiger partial charge in [-0.3, -0.25) is 14.9 Å². The van der Waals surface area contributed by atoms with Crippen molar-refractivity contribution < 1.29 is 18.8 Å². The van der Waals surface area contributed by atoms with E-state index >= 15 is 0 Å². The second-order valence-corrected chi connectivity index (χ2v) is 5.92. The molecule has 0 bridgehead atoms. The maximum Gasteiger partial charge on any atom is 0.269 e. The van der Waals surface area contributed by atoms with E-state index in [0.717, 1.165) is 0 Å². The highest BCUT2D eigenvalue weighted by Gasteiger charge is 2.13. The van der Waals surface area contributed by atoms with E-state index in [0.29, 0.717) is 22.2 Å². The lowest BCUT2D eigenvalue weighted by atomic mass is 10.1. The van der Waals surface area contributed by atoms with Crippen LogP contribution in [0.3, 0.4) is 0 Å². The summed E-state index contributed by atoms with van der Waals surface area (Å²) >= 11 is 3.13. The summed E-state index contributed by atoms with van der Waals surface area (Å²) in [5, 5.41) is 13.2. The first-order chi connectivity index (χ1) is 11.9.